The molecule has 2 aromatic heterocycles. The molecule has 0 spiro atoms. The summed E-state index contributed by atoms with van der Waals surface area (Å²) in [5.74, 6) is 0.0589. The summed E-state index contributed by atoms with van der Waals surface area (Å²) in [6.45, 7) is 1.67. The van der Waals surface area contributed by atoms with E-state index >= 15 is 0 Å². The summed E-state index contributed by atoms with van der Waals surface area (Å²) in [6, 6.07) is 35.8. The predicted octanol–water partition coefficient (Wildman–Crippen LogP) is 7.63. The zero-order valence-electron chi connectivity index (χ0n) is 20.0. The lowest BCUT2D eigenvalue weighted by molar-refractivity contribution is -0.116. The van der Waals surface area contributed by atoms with Crippen molar-refractivity contribution in [3.63, 3.8) is 0 Å². The number of fused-ring (bicyclic) bond motifs is 3. The van der Waals surface area contributed by atoms with Crippen molar-refractivity contribution >= 4 is 33.4 Å². The van der Waals surface area contributed by atoms with Gasteiger partial charge in [0.25, 0.3) is 0 Å². The molecule has 1 amide bonds. The van der Waals surface area contributed by atoms with E-state index in [0.29, 0.717) is 0 Å². The Labute approximate surface area is 209 Å². The van der Waals surface area contributed by atoms with Gasteiger partial charge in [0, 0.05) is 56.9 Å². The Bertz CT molecular complexity index is 1710. The van der Waals surface area contributed by atoms with E-state index in [-0.39, 0.29) is 11.9 Å². The summed E-state index contributed by atoms with van der Waals surface area (Å²) in [5, 5.41) is 2.35. The van der Waals surface area contributed by atoms with Crippen molar-refractivity contribution < 1.29 is 4.79 Å². The second-order valence-electron chi connectivity index (χ2n) is 9.55. The van der Waals surface area contributed by atoms with E-state index in [1.807, 2.05) is 11.0 Å². The second kappa shape index (κ2) is 7.99. The minimum absolute atomic E-state index is 0.0589. The molecule has 0 aliphatic carbocycles. The molecule has 4 nitrogen and oxygen atoms in total. The second-order valence-corrected chi connectivity index (χ2v) is 9.55. The summed E-state index contributed by atoms with van der Waals surface area (Å²) >= 11 is 0. The lowest BCUT2D eigenvalue weighted by Crippen LogP contribution is -2.30. The van der Waals surface area contributed by atoms with E-state index in [2.05, 4.69) is 107 Å². The van der Waals surface area contributed by atoms with Gasteiger partial charge in [0.1, 0.15) is 0 Å². The fraction of sp³-hybridized carbons (Fsp3) is 0.0938. The number of aromatic nitrogens is 2. The van der Waals surface area contributed by atoms with E-state index in [1.54, 1.807) is 6.92 Å². The summed E-state index contributed by atoms with van der Waals surface area (Å²) in [6.07, 6.45) is 0.791. The molecule has 4 aromatic carbocycles. The molecule has 0 saturated carbocycles. The lowest BCUT2D eigenvalue weighted by Gasteiger charge is -2.27. The molecule has 1 aliphatic heterocycles. The number of carbonyl (C=O) groups is 1. The maximum atomic E-state index is 13.0. The molecule has 0 saturated heterocycles. The van der Waals surface area contributed by atoms with Crippen LogP contribution in [0.2, 0.25) is 0 Å². The first kappa shape index (κ1) is 20.8. The Morgan fingerprint density at radius 3 is 2.11 bits per heavy atom. The Kier molecular flexibility index (Phi) is 4.61. The number of carbonyl (C=O) groups excluding carboxylic acids is 1. The Morgan fingerprint density at radius 2 is 1.39 bits per heavy atom. The Balaban J connectivity index is 1.49. The number of anilines is 1. The number of nitrogens with one attached hydrogen (secondary N) is 2. The normalized spacial score (nSPS) is 15.0. The molecular formula is C32H25N3O. The molecule has 1 aliphatic rings. The molecule has 0 radical (unpaired) electrons. The van der Waals surface area contributed by atoms with E-state index in [9.17, 15) is 4.79 Å². The van der Waals surface area contributed by atoms with Crippen molar-refractivity contribution in [1.29, 1.82) is 0 Å². The first-order chi connectivity index (χ1) is 17.7. The number of hydrogen-bond acceptors (Lipinski definition) is 1. The van der Waals surface area contributed by atoms with Crippen LogP contribution >= 0.6 is 0 Å². The van der Waals surface area contributed by atoms with Crippen LogP contribution in [0.5, 0.6) is 0 Å². The molecular weight excluding hydrogens is 442 g/mol. The highest BCUT2D eigenvalue weighted by atomic mass is 16.2. The van der Waals surface area contributed by atoms with Crippen molar-refractivity contribution in [2.24, 2.45) is 0 Å². The van der Waals surface area contributed by atoms with Gasteiger partial charge in [0.05, 0.1) is 6.04 Å². The number of aromatic amines is 2. The van der Waals surface area contributed by atoms with Gasteiger partial charge in [-0.2, -0.15) is 0 Å². The number of benzene rings is 4. The minimum atomic E-state index is -0.0781. The van der Waals surface area contributed by atoms with Gasteiger partial charge in [-0.1, -0.05) is 72.8 Å². The van der Waals surface area contributed by atoms with Crippen LogP contribution in [0.4, 0.5) is 5.69 Å². The largest absolute Gasteiger partial charge is 0.355 e. The third-order valence-electron chi connectivity index (χ3n) is 7.39. The highest BCUT2D eigenvalue weighted by Gasteiger charge is 2.35. The molecule has 2 N–H and O–H groups in total. The van der Waals surface area contributed by atoms with Crippen LogP contribution in [0.25, 0.3) is 44.3 Å². The third-order valence-corrected chi connectivity index (χ3v) is 7.39. The van der Waals surface area contributed by atoms with Crippen LogP contribution in [0.3, 0.4) is 0 Å². The van der Waals surface area contributed by atoms with Crippen molar-refractivity contribution in [2.45, 2.75) is 19.4 Å². The number of nitrogens with zero attached hydrogens (tertiary/aromatic N) is 1. The molecule has 7 rings (SSSR count). The van der Waals surface area contributed by atoms with E-state index in [1.165, 1.54) is 16.3 Å². The average Bonchev–Trinajstić information content (AvgIpc) is 3.62. The van der Waals surface area contributed by atoms with Crippen LogP contribution < -0.4 is 4.90 Å². The van der Waals surface area contributed by atoms with Crippen molar-refractivity contribution in [3.05, 3.63) is 114 Å². The van der Waals surface area contributed by atoms with Gasteiger partial charge in [0.2, 0.25) is 5.91 Å². The number of rotatable bonds is 3. The van der Waals surface area contributed by atoms with Crippen LogP contribution in [-0.2, 0) is 11.2 Å². The van der Waals surface area contributed by atoms with Crippen LogP contribution in [-0.4, -0.2) is 15.9 Å². The first-order valence-corrected chi connectivity index (χ1v) is 12.3. The SMILES string of the molecule is CC(=O)N1c2ccccc2CC1c1cccc(-c2cc3ccccc3[nH]2)c1-c1cc2ccccc2[nH]1. The maximum Gasteiger partial charge on any atom is 0.224 e. The fourth-order valence-corrected chi connectivity index (χ4v) is 5.82. The van der Waals surface area contributed by atoms with Crippen LogP contribution in [0, 0.1) is 0 Å². The highest BCUT2D eigenvalue weighted by molar-refractivity contribution is 5.98. The number of H-pyrrole nitrogens is 2. The van der Waals surface area contributed by atoms with Crippen molar-refractivity contribution in [3.8, 4) is 22.5 Å². The van der Waals surface area contributed by atoms with E-state index in [0.717, 1.165) is 51.2 Å². The molecule has 1 unspecified atom stereocenters. The maximum absolute atomic E-state index is 13.0. The van der Waals surface area contributed by atoms with E-state index < -0.39 is 0 Å². The van der Waals surface area contributed by atoms with Gasteiger partial charge in [-0.25, -0.2) is 0 Å². The lowest BCUT2D eigenvalue weighted by atomic mass is 9.90. The number of amides is 1. The van der Waals surface area contributed by atoms with Crippen molar-refractivity contribution in [1.82, 2.24) is 9.97 Å². The molecule has 4 heteroatoms. The molecule has 0 fully saturated rings. The zero-order valence-corrected chi connectivity index (χ0v) is 20.0. The van der Waals surface area contributed by atoms with Crippen molar-refractivity contribution in [2.75, 3.05) is 4.90 Å². The summed E-state index contributed by atoms with van der Waals surface area (Å²) in [4.78, 5) is 22.2. The molecule has 0 bridgehead atoms. The van der Waals surface area contributed by atoms with Crippen LogP contribution in [0.15, 0.2) is 103 Å². The summed E-state index contributed by atoms with van der Waals surface area (Å²) < 4.78 is 0. The van der Waals surface area contributed by atoms with Gasteiger partial charge in [-0.3, -0.25) is 4.79 Å². The summed E-state index contributed by atoms with van der Waals surface area (Å²) in [7, 11) is 0. The number of para-hydroxylation sites is 3. The molecule has 3 heterocycles. The monoisotopic (exact) mass is 467 g/mol. The molecule has 1 atom stereocenters. The topological polar surface area (TPSA) is 51.9 Å². The minimum Gasteiger partial charge on any atom is -0.355 e. The fourth-order valence-electron chi connectivity index (χ4n) is 5.82. The van der Waals surface area contributed by atoms with Gasteiger partial charge >= 0.3 is 0 Å². The van der Waals surface area contributed by atoms with Gasteiger partial charge in [-0.05, 0) is 47.9 Å². The van der Waals surface area contributed by atoms with Gasteiger partial charge < -0.3 is 14.9 Å². The highest BCUT2D eigenvalue weighted by Crippen LogP contribution is 2.46. The van der Waals surface area contributed by atoms with Crippen LogP contribution in [0.1, 0.15) is 24.1 Å². The predicted molar refractivity (Wildman–Crippen MR) is 147 cm³/mol. The standard InChI is InChI=1S/C32H25N3O/c1-20(36)35-30-16-7-4-11-23(30)19-31(35)25-13-8-12-24(28-17-21-9-2-5-14-26(21)33-28)32(25)29-18-22-10-3-6-15-27(22)34-29/h2-18,31,33-34H,19H2,1H3. The Morgan fingerprint density at radius 1 is 0.750 bits per heavy atom. The zero-order chi connectivity index (χ0) is 24.2. The smallest absolute Gasteiger partial charge is 0.224 e. The molecule has 6 aromatic rings. The van der Waals surface area contributed by atoms with Gasteiger partial charge in [0.15, 0.2) is 0 Å². The Hall–Kier alpha value is -4.57. The third kappa shape index (κ3) is 3.18. The molecule has 174 valence electrons. The average molecular weight is 468 g/mol. The quantitative estimate of drug-likeness (QED) is 0.276. The van der Waals surface area contributed by atoms with E-state index in [4.69, 9.17) is 0 Å². The first-order valence-electron chi connectivity index (χ1n) is 12.3. The van der Waals surface area contributed by atoms with Gasteiger partial charge in [-0.15, -0.1) is 0 Å². The number of hydrogen-bond donors (Lipinski definition) is 2. The molecule has 36 heavy (non-hydrogen) atoms. The summed E-state index contributed by atoms with van der Waals surface area (Å²) in [5.41, 5.74) is 9.94.